The Balaban J connectivity index is 1.81. The molecule has 0 aromatic heterocycles. The Kier molecular flexibility index (Phi) is 9.18. The summed E-state index contributed by atoms with van der Waals surface area (Å²) in [5, 5.41) is 19.0. The van der Waals surface area contributed by atoms with Crippen molar-refractivity contribution < 1.29 is 19.7 Å². The number of fused-ring (bicyclic) bond motifs is 1. The molecule has 0 bridgehead atoms. The van der Waals surface area contributed by atoms with E-state index in [4.69, 9.17) is 9.84 Å². The van der Waals surface area contributed by atoms with Crippen molar-refractivity contribution in [2.75, 3.05) is 0 Å². The lowest BCUT2D eigenvalue weighted by Crippen LogP contribution is -2.36. The Morgan fingerprint density at radius 1 is 1.06 bits per heavy atom. The smallest absolute Gasteiger partial charge is 0.330 e. The highest BCUT2D eigenvalue weighted by molar-refractivity contribution is 5.85. The zero-order valence-electron chi connectivity index (χ0n) is 20.7. The number of aryl methyl sites for hydroxylation is 1. The summed E-state index contributed by atoms with van der Waals surface area (Å²) < 4.78 is 6.46. The van der Waals surface area contributed by atoms with Crippen molar-refractivity contribution in [2.24, 2.45) is 0 Å². The molecule has 1 aromatic rings. The predicted octanol–water partition coefficient (Wildman–Crippen LogP) is 7.36. The second-order valence-electron chi connectivity index (χ2n) is 9.61. The predicted molar refractivity (Wildman–Crippen MR) is 132 cm³/mol. The highest BCUT2D eigenvalue weighted by Gasteiger charge is 2.33. The van der Waals surface area contributed by atoms with Crippen molar-refractivity contribution in [3.05, 3.63) is 57.7 Å². The third kappa shape index (κ3) is 7.29. The topological polar surface area (TPSA) is 66.8 Å². The van der Waals surface area contributed by atoms with E-state index in [1.54, 1.807) is 13.0 Å². The molecule has 1 aliphatic rings. The molecule has 2 N–H and O–H groups in total. The van der Waals surface area contributed by atoms with Crippen LogP contribution in [0.4, 0.5) is 0 Å². The Morgan fingerprint density at radius 3 is 2.28 bits per heavy atom. The van der Waals surface area contributed by atoms with E-state index in [1.807, 2.05) is 19.9 Å². The van der Waals surface area contributed by atoms with Crippen LogP contribution in [0.3, 0.4) is 0 Å². The molecule has 0 fully saturated rings. The average Bonchev–Trinajstić information content (AvgIpc) is 2.72. The van der Waals surface area contributed by atoms with E-state index in [0.717, 1.165) is 73.8 Å². The maximum Gasteiger partial charge on any atom is 0.330 e. The van der Waals surface area contributed by atoms with Crippen molar-refractivity contribution in [3.8, 4) is 11.5 Å². The minimum absolute atomic E-state index is 0.171. The molecule has 4 nitrogen and oxygen atoms in total. The molecule has 0 saturated carbocycles. The first-order valence-corrected chi connectivity index (χ1v) is 11.7. The van der Waals surface area contributed by atoms with Gasteiger partial charge in [-0.1, -0.05) is 29.4 Å². The van der Waals surface area contributed by atoms with Crippen LogP contribution in [0.1, 0.15) is 89.3 Å². The van der Waals surface area contributed by atoms with Gasteiger partial charge in [-0.15, -0.1) is 0 Å². The fourth-order valence-electron chi connectivity index (χ4n) is 4.23. The van der Waals surface area contributed by atoms with Gasteiger partial charge >= 0.3 is 5.97 Å². The molecule has 1 atom stereocenters. The standard InChI is InChI=1S/C28H40O4/c1-19(12-8-14-21(3)27(30)31)10-7-11-20(2)13-9-16-28(6)17-15-24-23(5)25(29)18-22(4)26(24)32-28/h10,13-14,18,29H,7-9,11-12,15-17H2,1-6H3,(H,30,31)/b19-10+,20-13+,21-14+. The normalized spacial score (nSPS) is 19.5. The number of benzene rings is 1. The lowest BCUT2D eigenvalue weighted by molar-refractivity contribution is -0.132. The average molecular weight is 441 g/mol. The number of aromatic hydroxyl groups is 1. The molecule has 0 aliphatic carbocycles. The second kappa shape index (κ2) is 11.4. The van der Waals surface area contributed by atoms with E-state index in [9.17, 15) is 9.90 Å². The van der Waals surface area contributed by atoms with Gasteiger partial charge in [0.05, 0.1) is 0 Å². The number of carbonyl (C=O) groups is 1. The van der Waals surface area contributed by atoms with Crippen LogP contribution in [-0.4, -0.2) is 21.8 Å². The van der Waals surface area contributed by atoms with E-state index >= 15 is 0 Å². The van der Waals surface area contributed by atoms with Crippen LogP contribution in [0.25, 0.3) is 0 Å². The number of aliphatic carboxylic acids is 1. The monoisotopic (exact) mass is 440 g/mol. The summed E-state index contributed by atoms with van der Waals surface area (Å²) in [6.45, 7) is 12.1. The number of ether oxygens (including phenoxy) is 1. The molecule has 0 spiro atoms. The van der Waals surface area contributed by atoms with Gasteiger partial charge in [0.25, 0.3) is 0 Å². The van der Waals surface area contributed by atoms with E-state index in [0.29, 0.717) is 11.3 Å². The Labute approximate surface area is 193 Å². The summed E-state index contributed by atoms with van der Waals surface area (Å²) in [7, 11) is 0. The summed E-state index contributed by atoms with van der Waals surface area (Å²) in [5.41, 5.74) is 6.06. The summed E-state index contributed by atoms with van der Waals surface area (Å²) >= 11 is 0. The number of phenolic OH excluding ortho intramolecular Hbond substituents is 1. The summed E-state index contributed by atoms with van der Waals surface area (Å²) in [5.74, 6) is 0.487. The molecule has 0 radical (unpaired) electrons. The summed E-state index contributed by atoms with van der Waals surface area (Å²) in [6, 6.07) is 1.81. The molecule has 4 heteroatoms. The van der Waals surface area contributed by atoms with Gasteiger partial charge in [0.15, 0.2) is 0 Å². The van der Waals surface area contributed by atoms with Crippen molar-refractivity contribution in [1.82, 2.24) is 0 Å². The second-order valence-corrected chi connectivity index (χ2v) is 9.61. The summed E-state index contributed by atoms with van der Waals surface area (Å²) in [6.07, 6.45) is 14.0. The van der Waals surface area contributed by atoms with Crippen LogP contribution in [0.15, 0.2) is 41.0 Å². The zero-order chi connectivity index (χ0) is 23.9. The number of hydrogen-bond acceptors (Lipinski definition) is 3. The number of carboxylic acid groups (broad SMARTS) is 1. The Bertz CT molecular complexity index is 920. The first-order chi connectivity index (χ1) is 15.0. The molecule has 1 aliphatic heterocycles. The van der Waals surface area contributed by atoms with Crippen LogP contribution in [0.2, 0.25) is 0 Å². The number of hydrogen-bond donors (Lipinski definition) is 2. The van der Waals surface area contributed by atoms with Crippen LogP contribution >= 0.6 is 0 Å². The van der Waals surface area contributed by atoms with Crippen LogP contribution < -0.4 is 4.74 Å². The Morgan fingerprint density at radius 2 is 1.66 bits per heavy atom. The van der Waals surface area contributed by atoms with E-state index in [1.165, 1.54) is 11.1 Å². The van der Waals surface area contributed by atoms with Crippen molar-refractivity contribution in [3.63, 3.8) is 0 Å². The highest BCUT2D eigenvalue weighted by Crippen LogP contribution is 2.42. The number of phenols is 1. The van der Waals surface area contributed by atoms with E-state index in [-0.39, 0.29) is 5.60 Å². The van der Waals surface area contributed by atoms with Crippen molar-refractivity contribution in [2.45, 2.75) is 98.5 Å². The molecule has 0 amide bonds. The van der Waals surface area contributed by atoms with Crippen molar-refractivity contribution in [1.29, 1.82) is 0 Å². The van der Waals surface area contributed by atoms with E-state index < -0.39 is 5.97 Å². The maximum absolute atomic E-state index is 10.8. The Hall–Kier alpha value is -2.49. The molecule has 2 rings (SSSR count). The summed E-state index contributed by atoms with van der Waals surface area (Å²) in [4.78, 5) is 10.8. The van der Waals surface area contributed by atoms with E-state index in [2.05, 4.69) is 32.9 Å². The fraction of sp³-hybridized carbons (Fsp3) is 0.536. The van der Waals surface area contributed by atoms with Gasteiger partial charge in [-0.25, -0.2) is 4.79 Å². The highest BCUT2D eigenvalue weighted by atomic mass is 16.5. The van der Waals surface area contributed by atoms with Gasteiger partial charge in [-0.3, -0.25) is 0 Å². The molecule has 32 heavy (non-hydrogen) atoms. The lowest BCUT2D eigenvalue weighted by atomic mass is 9.86. The van der Waals surface area contributed by atoms with Gasteiger partial charge in [0.1, 0.15) is 17.1 Å². The van der Waals surface area contributed by atoms with Crippen LogP contribution in [-0.2, 0) is 11.2 Å². The number of rotatable bonds is 10. The number of carboxylic acids is 1. The SMILES string of the molecule is C/C(=C\CC/C(C)=C/CCC1(C)CCc2c(C)c(O)cc(C)c2O1)CC/C=C(\C)C(=O)O. The first-order valence-electron chi connectivity index (χ1n) is 11.7. The van der Waals surface area contributed by atoms with Gasteiger partial charge in [0, 0.05) is 11.1 Å². The molecule has 1 unspecified atom stereocenters. The molecule has 176 valence electrons. The molecular weight excluding hydrogens is 400 g/mol. The quantitative estimate of drug-likeness (QED) is 0.295. The van der Waals surface area contributed by atoms with Gasteiger partial charge in [-0.2, -0.15) is 0 Å². The fourth-order valence-corrected chi connectivity index (χ4v) is 4.23. The minimum Gasteiger partial charge on any atom is -0.508 e. The van der Waals surface area contributed by atoms with Crippen molar-refractivity contribution >= 4 is 5.97 Å². The van der Waals surface area contributed by atoms with Crippen LogP contribution in [0.5, 0.6) is 11.5 Å². The molecule has 1 heterocycles. The number of allylic oxidation sites excluding steroid dienone is 5. The lowest BCUT2D eigenvalue weighted by Gasteiger charge is -2.37. The van der Waals surface area contributed by atoms with Gasteiger partial charge in [0.2, 0.25) is 0 Å². The first kappa shape index (κ1) is 25.8. The third-order valence-electron chi connectivity index (χ3n) is 6.60. The zero-order valence-corrected chi connectivity index (χ0v) is 20.7. The molecule has 1 aromatic carbocycles. The van der Waals surface area contributed by atoms with Crippen LogP contribution in [0, 0.1) is 13.8 Å². The van der Waals surface area contributed by atoms with Gasteiger partial charge in [-0.05, 0) is 110 Å². The third-order valence-corrected chi connectivity index (χ3v) is 6.60. The largest absolute Gasteiger partial charge is 0.508 e. The van der Waals surface area contributed by atoms with Gasteiger partial charge < -0.3 is 14.9 Å². The minimum atomic E-state index is -0.839. The maximum atomic E-state index is 10.8. The molecule has 0 saturated heterocycles. The molecular formula is C28H40O4.